The smallest absolute Gasteiger partial charge is 0.338 e. The number of halogens is 1. The molecule has 9 heteroatoms. The molecule has 0 aliphatic carbocycles. The van der Waals surface area contributed by atoms with Crippen molar-refractivity contribution in [3.8, 4) is 0 Å². The minimum absolute atomic E-state index is 0.0186. The van der Waals surface area contributed by atoms with Crippen LogP contribution in [0.1, 0.15) is 17.2 Å². The summed E-state index contributed by atoms with van der Waals surface area (Å²) in [4.78, 5) is 24.8. The summed E-state index contributed by atoms with van der Waals surface area (Å²) in [6, 6.07) is 11.4. The average Bonchev–Trinajstić information content (AvgIpc) is 2.67. The number of urea groups is 1. The van der Waals surface area contributed by atoms with E-state index >= 15 is 0 Å². The maximum atomic E-state index is 12.9. The fourth-order valence-electron chi connectivity index (χ4n) is 3.01. The Hall–Kier alpha value is -2.84. The minimum atomic E-state index is -3.82. The van der Waals surface area contributed by atoms with Gasteiger partial charge in [0.25, 0.3) is 0 Å². The Bertz CT molecular complexity index is 1080. The van der Waals surface area contributed by atoms with Crippen LogP contribution in [0, 0.1) is 6.92 Å². The lowest BCUT2D eigenvalue weighted by Crippen LogP contribution is -2.47. The highest BCUT2D eigenvalue weighted by atomic mass is 35.5. The highest BCUT2D eigenvalue weighted by Crippen LogP contribution is 2.30. The first-order valence-electron chi connectivity index (χ1n) is 8.65. The maximum Gasteiger partial charge on any atom is 0.338 e. The Kier molecular flexibility index (Phi) is 5.95. The van der Waals surface area contributed by atoms with Crippen molar-refractivity contribution < 1.29 is 22.7 Å². The molecular weight excluding hydrogens is 416 g/mol. The third-order valence-electron chi connectivity index (χ3n) is 4.48. The van der Waals surface area contributed by atoms with Crippen LogP contribution in [0.3, 0.4) is 0 Å². The summed E-state index contributed by atoms with van der Waals surface area (Å²) in [5.74, 6) is -1.30. The molecule has 2 aromatic carbocycles. The molecule has 0 fully saturated rings. The van der Waals surface area contributed by atoms with E-state index in [0.717, 1.165) is 5.56 Å². The first-order chi connectivity index (χ1) is 13.7. The van der Waals surface area contributed by atoms with Crippen molar-refractivity contribution in [1.29, 1.82) is 0 Å². The Morgan fingerprint density at radius 3 is 2.31 bits per heavy atom. The van der Waals surface area contributed by atoms with Crippen LogP contribution in [-0.2, 0) is 19.4 Å². The number of hydrogen-bond donors (Lipinski definition) is 2. The third-order valence-corrected chi connectivity index (χ3v) is 6.39. The van der Waals surface area contributed by atoms with Gasteiger partial charge in [-0.3, -0.25) is 0 Å². The second-order valence-electron chi connectivity index (χ2n) is 6.54. The van der Waals surface area contributed by atoms with Crippen LogP contribution < -0.4 is 10.6 Å². The van der Waals surface area contributed by atoms with Crippen molar-refractivity contribution in [3.05, 3.63) is 76.0 Å². The predicted octanol–water partition coefficient (Wildman–Crippen LogP) is 2.90. The number of hydrogen-bond acceptors (Lipinski definition) is 5. The van der Waals surface area contributed by atoms with Crippen molar-refractivity contribution in [2.75, 3.05) is 12.9 Å². The van der Waals surface area contributed by atoms with Crippen molar-refractivity contribution in [2.24, 2.45) is 0 Å². The Labute approximate surface area is 173 Å². The molecule has 0 bridgehead atoms. The van der Waals surface area contributed by atoms with E-state index < -0.39 is 33.6 Å². The number of benzene rings is 2. The van der Waals surface area contributed by atoms with E-state index in [2.05, 4.69) is 10.6 Å². The SMILES string of the molecule is COC(=O)C1=C(CS(=O)(=O)c2ccc(C)cc2)NC(=O)N[C@H]1c1ccc(Cl)cc1. The number of carbonyl (C=O) groups is 2. The number of amides is 2. The highest BCUT2D eigenvalue weighted by Gasteiger charge is 2.35. The molecule has 2 N–H and O–H groups in total. The Morgan fingerprint density at radius 2 is 1.72 bits per heavy atom. The molecule has 0 saturated heterocycles. The van der Waals surface area contributed by atoms with Crippen molar-refractivity contribution >= 4 is 33.4 Å². The quantitative estimate of drug-likeness (QED) is 0.704. The maximum absolute atomic E-state index is 12.9. The molecule has 2 aromatic rings. The average molecular weight is 435 g/mol. The second-order valence-corrected chi connectivity index (χ2v) is 8.96. The van der Waals surface area contributed by atoms with Crippen LogP contribution in [0.25, 0.3) is 0 Å². The molecule has 2 amide bonds. The van der Waals surface area contributed by atoms with Crippen molar-refractivity contribution in [3.63, 3.8) is 0 Å². The van der Waals surface area contributed by atoms with Crippen LogP contribution in [0.2, 0.25) is 5.02 Å². The number of sulfone groups is 1. The van der Waals surface area contributed by atoms with Crippen LogP contribution >= 0.6 is 11.6 Å². The van der Waals surface area contributed by atoms with Gasteiger partial charge in [0.05, 0.1) is 29.4 Å². The van der Waals surface area contributed by atoms with E-state index in [9.17, 15) is 18.0 Å². The standard InChI is InChI=1S/C20H19ClN2O5S/c1-12-3-9-15(10-4-12)29(26,27)11-16-17(19(24)28-2)18(23-20(25)22-16)13-5-7-14(21)8-6-13/h3-10,18H,11H2,1-2H3,(H2,22,23,25)/t18-/m0/s1. The van der Waals surface area contributed by atoms with Crippen molar-refractivity contribution in [2.45, 2.75) is 17.9 Å². The summed E-state index contributed by atoms with van der Waals surface area (Å²) in [6.45, 7) is 1.85. The van der Waals surface area contributed by atoms with Gasteiger partial charge in [-0.25, -0.2) is 18.0 Å². The Morgan fingerprint density at radius 1 is 1.10 bits per heavy atom. The second kappa shape index (κ2) is 8.26. The molecule has 1 heterocycles. The molecule has 1 aliphatic heterocycles. The van der Waals surface area contributed by atoms with Crippen LogP contribution in [-0.4, -0.2) is 33.3 Å². The number of nitrogens with one attached hydrogen (secondary N) is 2. The van der Waals surface area contributed by atoms with E-state index in [1.54, 1.807) is 36.4 Å². The number of methoxy groups -OCH3 is 1. The van der Waals surface area contributed by atoms with Gasteiger partial charge in [0, 0.05) is 10.7 Å². The predicted molar refractivity (Wildman–Crippen MR) is 108 cm³/mol. The number of ether oxygens (including phenoxy) is 1. The topological polar surface area (TPSA) is 102 Å². The lowest BCUT2D eigenvalue weighted by molar-refractivity contribution is -0.136. The molecule has 29 heavy (non-hydrogen) atoms. The summed E-state index contributed by atoms with van der Waals surface area (Å²) in [5.41, 5.74) is 1.47. The van der Waals surface area contributed by atoms with Crippen LogP contribution in [0.5, 0.6) is 0 Å². The minimum Gasteiger partial charge on any atom is -0.466 e. The van der Waals surface area contributed by atoms with Gasteiger partial charge in [-0.1, -0.05) is 41.4 Å². The summed E-state index contributed by atoms with van der Waals surface area (Å²) in [5, 5.41) is 5.57. The Balaban J connectivity index is 2.08. The van der Waals surface area contributed by atoms with Gasteiger partial charge in [-0.05, 0) is 36.8 Å². The van der Waals surface area contributed by atoms with Gasteiger partial charge in [-0.15, -0.1) is 0 Å². The molecule has 0 radical (unpaired) electrons. The first-order valence-corrected chi connectivity index (χ1v) is 10.7. The molecule has 152 valence electrons. The van der Waals surface area contributed by atoms with E-state index in [1.165, 1.54) is 19.2 Å². The third kappa shape index (κ3) is 4.60. The lowest BCUT2D eigenvalue weighted by atomic mass is 9.95. The zero-order valence-electron chi connectivity index (χ0n) is 15.7. The lowest BCUT2D eigenvalue weighted by Gasteiger charge is -2.29. The van der Waals surface area contributed by atoms with Crippen molar-refractivity contribution in [1.82, 2.24) is 10.6 Å². The number of esters is 1. The van der Waals surface area contributed by atoms with E-state index in [0.29, 0.717) is 10.6 Å². The van der Waals surface area contributed by atoms with Gasteiger partial charge in [0.1, 0.15) is 0 Å². The molecule has 7 nitrogen and oxygen atoms in total. The van der Waals surface area contributed by atoms with Gasteiger partial charge in [0.2, 0.25) is 0 Å². The molecule has 0 spiro atoms. The monoisotopic (exact) mass is 434 g/mol. The summed E-state index contributed by atoms with van der Waals surface area (Å²) >= 11 is 5.92. The number of aryl methyl sites for hydroxylation is 1. The number of carbonyl (C=O) groups excluding carboxylic acids is 2. The fourth-order valence-corrected chi connectivity index (χ4v) is 4.46. The van der Waals surface area contributed by atoms with E-state index in [1.807, 2.05) is 6.92 Å². The molecule has 1 atom stereocenters. The molecule has 0 aromatic heterocycles. The molecule has 0 unspecified atom stereocenters. The van der Waals surface area contributed by atoms with Gasteiger partial charge in [0.15, 0.2) is 9.84 Å². The number of rotatable bonds is 5. The normalized spacial score (nSPS) is 16.8. The largest absolute Gasteiger partial charge is 0.466 e. The molecule has 0 saturated carbocycles. The highest BCUT2D eigenvalue weighted by molar-refractivity contribution is 7.91. The zero-order valence-corrected chi connectivity index (χ0v) is 17.3. The zero-order chi connectivity index (χ0) is 21.2. The summed E-state index contributed by atoms with van der Waals surface area (Å²) in [6.07, 6.45) is 0. The van der Waals surface area contributed by atoms with Gasteiger partial charge < -0.3 is 15.4 Å². The molecule has 1 aliphatic rings. The fraction of sp³-hybridized carbons (Fsp3) is 0.200. The van der Waals surface area contributed by atoms with Gasteiger partial charge >= 0.3 is 12.0 Å². The van der Waals surface area contributed by atoms with Crippen LogP contribution in [0.4, 0.5) is 4.79 Å². The first kappa shape index (κ1) is 20.9. The van der Waals surface area contributed by atoms with E-state index in [4.69, 9.17) is 16.3 Å². The summed E-state index contributed by atoms with van der Waals surface area (Å²) < 4.78 is 30.6. The van der Waals surface area contributed by atoms with Crippen LogP contribution in [0.15, 0.2) is 64.7 Å². The summed E-state index contributed by atoms with van der Waals surface area (Å²) in [7, 11) is -2.63. The van der Waals surface area contributed by atoms with Gasteiger partial charge in [-0.2, -0.15) is 0 Å². The van der Waals surface area contributed by atoms with E-state index in [-0.39, 0.29) is 16.2 Å². The molecule has 3 rings (SSSR count). The molecular formula is C20H19ClN2O5S.